The number of aliphatic hydroxyl groups is 1. The molecule has 2 atom stereocenters. The molecule has 0 aromatic carbocycles. The third-order valence-corrected chi connectivity index (χ3v) is 4.81. The number of nitrogens with one attached hydrogen (secondary N) is 1. The highest BCUT2D eigenvalue weighted by molar-refractivity contribution is 5.07. The summed E-state index contributed by atoms with van der Waals surface area (Å²) in [5.74, 6) is 1.06. The van der Waals surface area contributed by atoms with E-state index in [1.54, 1.807) is 6.26 Å². The zero-order valence-corrected chi connectivity index (χ0v) is 12.9. The van der Waals surface area contributed by atoms with Gasteiger partial charge in [0.2, 0.25) is 0 Å². The molecular formula is C16H27N3O2. The van der Waals surface area contributed by atoms with E-state index < -0.39 is 0 Å². The molecule has 118 valence electrons. The Labute approximate surface area is 126 Å². The van der Waals surface area contributed by atoms with Gasteiger partial charge in [0.25, 0.3) is 0 Å². The van der Waals surface area contributed by atoms with Crippen LogP contribution in [0.5, 0.6) is 0 Å². The molecule has 2 saturated heterocycles. The lowest BCUT2D eigenvalue weighted by Crippen LogP contribution is -2.53. The van der Waals surface area contributed by atoms with Gasteiger partial charge >= 0.3 is 0 Å². The molecule has 3 rings (SSSR count). The van der Waals surface area contributed by atoms with Gasteiger partial charge in [-0.05, 0) is 31.9 Å². The first-order chi connectivity index (χ1) is 10.2. The van der Waals surface area contributed by atoms with E-state index in [4.69, 9.17) is 4.42 Å². The van der Waals surface area contributed by atoms with Crippen LogP contribution in [0.25, 0.3) is 0 Å². The van der Waals surface area contributed by atoms with E-state index >= 15 is 0 Å². The van der Waals surface area contributed by atoms with Crippen LogP contribution in [0.1, 0.15) is 31.6 Å². The third-order valence-electron chi connectivity index (χ3n) is 4.81. The SMILES string of the molecule is CC1CNCCN1C(CN1CCC(O)CC1)c1ccco1. The van der Waals surface area contributed by atoms with Crippen LogP contribution >= 0.6 is 0 Å². The third kappa shape index (κ3) is 3.66. The van der Waals surface area contributed by atoms with E-state index in [0.717, 1.165) is 57.9 Å². The number of hydrogen-bond acceptors (Lipinski definition) is 5. The minimum atomic E-state index is -0.110. The van der Waals surface area contributed by atoms with Crippen molar-refractivity contribution in [3.8, 4) is 0 Å². The van der Waals surface area contributed by atoms with Crippen molar-refractivity contribution in [2.45, 2.75) is 38.0 Å². The number of rotatable bonds is 4. The molecule has 0 aliphatic carbocycles. The molecule has 5 nitrogen and oxygen atoms in total. The number of piperazine rings is 1. The van der Waals surface area contributed by atoms with E-state index in [9.17, 15) is 5.11 Å². The quantitative estimate of drug-likeness (QED) is 0.870. The molecule has 2 aliphatic rings. The Bertz CT molecular complexity index is 415. The summed E-state index contributed by atoms with van der Waals surface area (Å²) in [6.45, 7) is 8.38. The first-order valence-corrected chi connectivity index (χ1v) is 8.14. The van der Waals surface area contributed by atoms with E-state index in [2.05, 4.69) is 28.1 Å². The Morgan fingerprint density at radius 1 is 1.38 bits per heavy atom. The van der Waals surface area contributed by atoms with Crippen molar-refractivity contribution in [1.29, 1.82) is 0 Å². The topological polar surface area (TPSA) is 51.9 Å². The Kier molecular flexibility index (Phi) is 4.95. The van der Waals surface area contributed by atoms with Gasteiger partial charge in [0, 0.05) is 45.3 Å². The predicted octanol–water partition coefficient (Wildman–Crippen LogP) is 1.07. The maximum atomic E-state index is 9.67. The molecule has 0 saturated carbocycles. The first-order valence-electron chi connectivity index (χ1n) is 8.14. The Hall–Kier alpha value is -0.880. The maximum Gasteiger partial charge on any atom is 0.122 e. The summed E-state index contributed by atoms with van der Waals surface area (Å²) in [5, 5.41) is 13.1. The number of hydrogen-bond donors (Lipinski definition) is 2. The number of likely N-dealkylation sites (tertiary alicyclic amines) is 1. The van der Waals surface area contributed by atoms with Gasteiger partial charge in [-0.1, -0.05) is 0 Å². The van der Waals surface area contributed by atoms with Crippen molar-refractivity contribution in [1.82, 2.24) is 15.1 Å². The van der Waals surface area contributed by atoms with Gasteiger partial charge in [-0.3, -0.25) is 4.90 Å². The van der Waals surface area contributed by atoms with Gasteiger partial charge in [-0.15, -0.1) is 0 Å². The number of nitrogens with zero attached hydrogens (tertiary/aromatic N) is 2. The summed E-state index contributed by atoms with van der Waals surface area (Å²) in [6.07, 6.45) is 3.44. The second kappa shape index (κ2) is 6.92. The highest BCUT2D eigenvalue weighted by Crippen LogP contribution is 2.26. The molecule has 0 amide bonds. The van der Waals surface area contributed by atoms with Crippen molar-refractivity contribution in [2.24, 2.45) is 0 Å². The molecule has 2 N–H and O–H groups in total. The number of aliphatic hydroxyl groups excluding tert-OH is 1. The van der Waals surface area contributed by atoms with Crippen LogP contribution in [-0.2, 0) is 0 Å². The second-order valence-corrected chi connectivity index (χ2v) is 6.35. The van der Waals surface area contributed by atoms with Gasteiger partial charge in [-0.2, -0.15) is 0 Å². The molecule has 0 bridgehead atoms. The average molecular weight is 293 g/mol. The van der Waals surface area contributed by atoms with Crippen LogP contribution in [0.3, 0.4) is 0 Å². The number of piperidine rings is 1. The Morgan fingerprint density at radius 2 is 2.19 bits per heavy atom. The van der Waals surface area contributed by atoms with Crippen molar-refractivity contribution in [3.05, 3.63) is 24.2 Å². The van der Waals surface area contributed by atoms with Crippen molar-refractivity contribution < 1.29 is 9.52 Å². The molecular weight excluding hydrogens is 266 g/mol. The van der Waals surface area contributed by atoms with E-state index in [1.165, 1.54) is 0 Å². The van der Waals surface area contributed by atoms with Crippen LogP contribution in [-0.4, -0.2) is 66.3 Å². The predicted molar refractivity (Wildman–Crippen MR) is 82.2 cm³/mol. The fourth-order valence-corrected chi connectivity index (χ4v) is 3.51. The van der Waals surface area contributed by atoms with E-state index in [0.29, 0.717) is 12.1 Å². The fraction of sp³-hybridized carbons (Fsp3) is 0.750. The zero-order valence-electron chi connectivity index (χ0n) is 12.9. The minimum absolute atomic E-state index is 0.110. The van der Waals surface area contributed by atoms with Gasteiger partial charge in [0.05, 0.1) is 18.4 Å². The maximum absolute atomic E-state index is 9.67. The minimum Gasteiger partial charge on any atom is -0.468 e. The summed E-state index contributed by atoms with van der Waals surface area (Å²) < 4.78 is 5.72. The van der Waals surface area contributed by atoms with Crippen molar-refractivity contribution >= 4 is 0 Å². The van der Waals surface area contributed by atoms with Crippen LogP contribution in [0.4, 0.5) is 0 Å². The lowest BCUT2D eigenvalue weighted by Gasteiger charge is -2.42. The van der Waals surface area contributed by atoms with Gasteiger partial charge in [-0.25, -0.2) is 0 Å². The molecule has 1 aromatic heterocycles. The standard InChI is InChI=1S/C16H27N3O2/c1-13-11-17-6-9-19(13)15(16-3-2-10-21-16)12-18-7-4-14(20)5-8-18/h2-3,10,13-15,17,20H,4-9,11-12H2,1H3. The first kappa shape index (κ1) is 15.0. The van der Waals surface area contributed by atoms with E-state index in [1.807, 2.05) is 6.07 Å². The van der Waals surface area contributed by atoms with Crippen LogP contribution < -0.4 is 5.32 Å². The fourth-order valence-electron chi connectivity index (χ4n) is 3.51. The van der Waals surface area contributed by atoms with E-state index in [-0.39, 0.29) is 6.10 Å². The van der Waals surface area contributed by atoms with Crippen LogP contribution in [0, 0.1) is 0 Å². The smallest absolute Gasteiger partial charge is 0.122 e. The average Bonchev–Trinajstić information content (AvgIpc) is 3.02. The molecule has 0 spiro atoms. The van der Waals surface area contributed by atoms with Crippen LogP contribution in [0.2, 0.25) is 0 Å². The Balaban J connectivity index is 1.70. The molecule has 0 radical (unpaired) electrons. The van der Waals surface area contributed by atoms with Gasteiger partial charge in [0.15, 0.2) is 0 Å². The normalized spacial score (nSPS) is 27.8. The van der Waals surface area contributed by atoms with Crippen molar-refractivity contribution in [2.75, 3.05) is 39.3 Å². The summed E-state index contributed by atoms with van der Waals surface area (Å²) in [5.41, 5.74) is 0. The molecule has 5 heteroatoms. The molecule has 1 aromatic rings. The largest absolute Gasteiger partial charge is 0.468 e. The summed E-state index contributed by atoms with van der Waals surface area (Å²) in [4.78, 5) is 5.02. The lowest BCUT2D eigenvalue weighted by atomic mass is 10.0. The number of furan rings is 1. The summed E-state index contributed by atoms with van der Waals surface area (Å²) in [7, 11) is 0. The highest BCUT2D eigenvalue weighted by atomic mass is 16.3. The van der Waals surface area contributed by atoms with Crippen LogP contribution in [0.15, 0.2) is 22.8 Å². The molecule has 3 heterocycles. The van der Waals surface area contributed by atoms with Gasteiger partial charge < -0.3 is 19.7 Å². The second-order valence-electron chi connectivity index (χ2n) is 6.35. The molecule has 2 unspecified atom stereocenters. The van der Waals surface area contributed by atoms with Crippen molar-refractivity contribution in [3.63, 3.8) is 0 Å². The molecule has 21 heavy (non-hydrogen) atoms. The summed E-state index contributed by atoms with van der Waals surface area (Å²) >= 11 is 0. The highest BCUT2D eigenvalue weighted by Gasteiger charge is 2.31. The summed E-state index contributed by atoms with van der Waals surface area (Å²) in [6, 6.07) is 4.91. The Morgan fingerprint density at radius 3 is 2.86 bits per heavy atom. The zero-order chi connectivity index (χ0) is 14.7. The molecule has 2 fully saturated rings. The monoisotopic (exact) mass is 293 g/mol. The van der Waals surface area contributed by atoms with Gasteiger partial charge in [0.1, 0.15) is 5.76 Å². The lowest BCUT2D eigenvalue weighted by molar-refractivity contribution is 0.0395. The molecule has 2 aliphatic heterocycles.